The van der Waals surface area contributed by atoms with Crippen molar-refractivity contribution in [3.63, 3.8) is 0 Å². The number of rotatable bonds is 8. The zero-order valence-electron chi connectivity index (χ0n) is 19.3. The molecule has 0 unspecified atom stereocenters. The molecule has 8 nitrogen and oxygen atoms in total. The molecular weight excluding hydrogens is 451 g/mol. The lowest BCUT2D eigenvalue weighted by atomic mass is 10.2. The summed E-state index contributed by atoms with van der Waals surface area (Å²) in [6.07, 6.45) is -3.01. The third-order valence-electron chi connectivity index (χ3n) is 4.84. The van der Waals surface area contributed by atoms with Gasteiger partial charge in [0.2, 0.25) is 5.91 Å². The lowest BCUT2D eigenvalue weighted by molar-refractivity contribution is -0.141. The maximum atomic E-state index is 13.0. The summed E-state index contributed by atoms with van der Waals surface area (Å²) in [4.78, 5) is 30.1. The van der Waals surface area contributed by atoms with Gasteiger partial charge in [0.1, 0.15) is 23.7 Å². The number of likely N-dealkylation sites (N-methyl/N-ethyl adjacent to an activating group) is 1. The number of pyridine rings is 1. The summed E-state index contributed by atoms with van der Waals surface area (Å²) in [5.41, 5.74) is -0.750. The first-order valence-corrected chi connectivity index (χ1v) is 10.7. The number of ether oxygens (including phenoxy) is 1. The zero-order valence-corrected chi connectivity index (χ0v) is 19.3. The van der Waals surface area contributed by atoms with Crippen LogP contribution in [0.1, 0.15) is 37.0 Å². The maximum Gasteiger partial charge on any atom is 0.433 e. The summed E-state index contributed by atoms with van der Waals surface area (Å²) >= 11 is 0. The van der Waals surface area contributed by atoms with Crippen LogP contribution >= 0.6 is 0 Å². The number of nitrogens with one attached hydrogen (secondary N) is 1. The predicted octanol–water partition coefficient (Wildman–Crippen LogP) is 4.22. The third kappa shape index (κ3) is 6.03. The molecule has 3 rings (SSSR count). The molecule has 0 bridgehead atoms. The van der Waals surface area contributed by atoms with Crippen molar-refractivity contribution in [3.8, 4) is 5.75 Å². The van der Waals surface area contributed by atoms with Gasteiger partial charge in [-0.1, -0.05) is 19.9 Å². The van der Waals surface area contributed by atoms with Crippen molar-refractivity contribution < 1.29 is 27.5 Å². The second-order valence-corrected chi connectivity index (χ2v) is 8.19. The summed E-state index contributed by atoms with van der Waals surface area (Å²) in [5.74, 6) is -0.291. The average Bonchev–Trinajstić information content (AvgIpc) is 3.14. The Kier molecular flexibility index (Phi) is 7.43. The van der Waals surface area contributed by atoms with Crippen molar-refractivity contribution in [1.82, 2.24) is 19.7 Å². The first kappa shape index (κ1) is 25.0. The largest absolute Gasteiger partial charge is 0.492 e. The Labute approximate surface area is 194 Å². The molecule has 11 heteroatoms. The molecular formula is C23H26F3N5O3. The van der Waals surface area contributed by atoms with Crippen LogP contribution in [0.15, 0.2) is 36.5 Å². The quantitative estimate of drug-likeness (QED) is 0.525. The van der Waals surface area contributed by atoms with Crippen molar-refractivity contribution >= 4 is 28.4 Å². The van der Waals surface area contributed by atoms with Crippen LogP contribution in [0.2, 0.25) is 0 Å². The molecule has 3 aromatic rings. The van der Waals surface area contributed by atoms with Crippen molar-refractivity contribution in [3.05, 3.63) is 47.9 Å². The summed E-state index contributed by atoms with van der Waals surface area (Å²) < 4.78 is 45.9. The maximum absolute atomic E-state index is 13.0. The number of benzene rings is 1. The fourth-order valence-electron chi connectivity index (χ4n) is 3.37. The van der Waals surface area contributed by atoms with Gasteiger partial charge < -0.3 is 15.0 Å². The van der Waals surface area contributed by atoms with E-state index >= 15 is 0 Å². The molecule has 182 valence electrons. The van der Waals surface area contributed by atoms with Crippen molar-refractivity contribution in [1.29, 1.82) is 0 Å². The summed E-state index contributed by atoms with van der Waals surface area (Å²) in [5, 5.41) is 7.60. The smallest absolute Gasteiger partial charge is 0.433 e. The monoisotopic (exact) mass is 477 g/mol. The summed E-state index contributed by atoms with van der Waals surface area (Å²) in [7, 11) is 1.73. The highest BCUT2D eigenvalue weighted by Crippen LogP contribution is 2.31. The van der Waals surface area contributed by atoms with Crippen molar-refractivity contribution in [2.24, 2.45) is 5.92 Å². The fraction of sp³-hybridized carbons (Fsp3) is 0.391. The predicted molar refractivity (Wildman–Crippen MR) is 121 cm³/mol. The van der Waals surface area contributed by atoms with Crippen molar-refractivity contribution in [2.75, 3.05) is 25.5 Å². The van der Waals surface area contributed by atoms with Gasteiger partial charge >= 0.3 is 6.18 Å². The summed E-state index contributed by atoms with van der Waals surface area (Å²) in [6.45, 7) is 6.74. The van der Waals surface area contributed by atoms with E-state index in [0.717, 1.165) is 12.1 Å². The molecule has 2 amide bonds. The number of hydrogen-bond acceptors (Lipinski definition) is 5. The van der Waals surface area contributed by atoms with Gasteiger partial charge in [0.05, 0.1) is 17.8 Å². The number of anilines is 1. The minimum atomic E-state index is -4.67. The first-order valence-electron chi connectivity index (χ1n) is 10.7. The van der Waals surface area contributed by atoms with E-state index in [1.165, 1.54) is 10.7 Å². The van der Waals surface area contributed by atoms with E-state index in [9.17, 15) is 22.8 Å². The lowest BCUT2D eigenvalue weighted by Gasteiger charge is -2.19. The molecule has 0 aliphatic rings. The number of nitrogens with zero attached hydrogens (tertiary/aromatic N) is 4. The summed E-state index contributed by atoms with van der Waals surface area (Å²) in [6, 6.07) is 6.31. The van der Waals surface area contributed by atoms with E-state index in [-0.39, 0.29) is 30.4 Å². The topological polar surface area (TPSA) is 89.4 Å². The highest BCUT2D eigenvalue weighted by Gasteiger charge is 2.33. The fourth-order valence-corrected chi connectivity index (χ4v) is 3.37. The molecule has 0 fully saturated rings. The number of halogens is 3. The van der Waals surface area contributed by atoms with Crippen LogP contribution in [0, 0.1) is 5.92 Å². The highest BCUT2D eigenvalue weighted by atomic mass is 19.4. The number of amides is 2. The number of aromatic nitrogens is 3. The number of carbonyl (C=O) groups is 2. The van der Waals surface area contributed by atoms with E-state index in [2.05, 4.69) is 15.4 Å². The van der Waals surface area contributed by atoms with Gasteiger partial charge in [-0.25, -0.2) is 4.98 Å². The molecule has 0 radical (unpaired) electrons. The zero-order chi connectivity index (χ0) is 25.0. The lowest BCUT2D eigenvalue weighted by Crippen LogP contribution is -2.33. The Bertz CT molecular complexity index is 1190. The van der Waals surface area contributed by atoms with Crippen molar-refractivity contribution in [2.45, 2.75) is 33.5 Å². The van der Waals surface area contributed by atoms with Gasteiger partial charge in [0.15, 0.2) is 0 Å². The Morgan fingerprint density at radius 3 is 2.62 bits per heavy atom. The van der Waals surface area contributed by atoms with Crippen LogP contribution in [-0.2, 0) is 17.5 Å². The molecule has 0 aliphatic heterocycles. The Balaban J connectivity index is 1.86. The number of hydrogen-bond donors (Lipinski definition) is 1. The number of alkyl halides is 3. The second-order valence-electron chi connectivity index (χ2n) is 8.19. The van der Waals surface area contributed by atoms with E-state index < -0.39 is 17.8 Å². The molecule has 34 heavy (non-hydrogen) atoms. The molecule has 2 heterocycles. The molecule has 0 spiro atoms. The molecule has 1 N–H and O–H groups in total. The molecule has 0 atom stereocenters. The number of carbonyl (C=O) groups excluding carboxylic acids is 2. The Morgan fingerprint density at radius 2 is 1.97 bits per heavy atom. The Morgan fingerprint density at radius 1 is 1.24 bits per heavy atom. The number of fused-ring (bicyclic) bond motifs is 1. The minimum Gasteiger partial charge on any atom is -0.492 e. The van der Waals surface area contributed by atoms with Crippen LogP contribution in [0.5, 0.6) is 5.75 Å². The van der Waals surface area contributed by atoms with Crippen LogP contribution in [-0.4, -0.2) is 51.7 Å². The first-order chi connectivity index (χ1) is 16.0. The molecule has 0 saturated heterocycles. The van der Waals surface area contributed by atoms with Crippen LogP contribution in [0.4, 0.5) is 18.9 Å². The van der Waals surface area contributed by atoms with Gasteiger partial charge in [-0.15, -0.1) is 0 Å². The normalized spacial score (nSPS) is 11.6. The van der Waals surface area contributed by atoms with Gasteiger partial charge in [0.25, 0.3) is 5.91 Å². The van der Waals surface area contributed by atoms with E-state index in [0.29, 0.717) is 29.1 Å². The molecule has 2 aromatic heterocycles. The van der Waals surface area contributed by atoms with E-state index in [1.54, 1.807) is 37.2 Å². The van der Waals surface area contributed by atoms with E-state index in [4.69, 9.17) is 4.74 Å². The third-order valence-corrected chi connectivity index (χ3v) is 4.84. The van der Waals surface area contributed by atoms with Crippen LogP contribution in [0.3, 0.4) is 0 Å². The standard InChI is InChI=1S/C23H26F3N5O3/c1-5-34-19-10-17-15(12-31(29-17)13-21(32)30(4)11-14(2)3)9-18(19)28-22(33)16-7-6-8-20(27-16)23(24,25)26/h6-10,12,14H,5,11,13H2,1-4H3,(H,28,33). The van der Waals surface area contributed by atoms with Gasteiger partial charge in [0, 0.05) is 31.2 Å². The molecule has 0 aliphatic carbocycles. The molecule has 1 aromatic carbocycles. The van der Waals surface area contributed by atoms with Gasteiger partial charge in [-0.05, 0) is 31.0 Å². The second kappa shape index (κ2) is 10.1. The SMILES string of the molecule is CCOc1cc2nn(CC(=O)N(C)CC(C)C)cc2cc1NC(=O)c1cccc(C(F)(F)F)n1. The minimum absolute atomic E-state index is 0.0394. The van der Waals surface area contributed by atoms with Crippen LogP contribution < -0.4 is 10.1 Å². The molecule has 0 saturated carbocycles. The highest BCUT2D eigenvalue weighted by molar-refractivity contribution is 6.05. The van der Waals surface area contributed by atoms with Gasteiger partial charge in [-0.2, -0.15) is 18.3 Å². The van der Waals surface area contributed by atoms with Crippen LogP contribution in [0.25, 0.3) is 10.9 Å². The van der Waals surface area contributed by atoms with E-state index in [1.807, 2.05) is 13.8 Å². The Hall–Kier alpha value is -3.63. The average molecular weight is 477 g/mol. The van der Waals surface area contributed by atoms with Gasteiger partial charge in [-0.3, -0.25) is 14.3 Å².